The van der Waals surface area contributed by atoms with Gasteiger partial charge in [0.15, 0.2) is 11.4 Å². The van der Waals surface area contributed by atoms with Crippen LogP contribution in [0, 0.1) is 57.7 Å². The lowest BCUT2D eigenvalue weighted by molar-refractivity contribution is -0.234. The van der Waals surface area contributed by atoms with Crippen molar-refractivity contribution in [3.8, 4) is 0 Å². The van der Waals surface area contributed by atoms with Crippen LogP contribution < -0.4 is 0 Å². The smallest absolute Gasteiger partial charge is 0.341 e. The van der Waals surface area contributed by atoms with Crippen molar-refractivity contribution >= 4 is 23.7 Å². The van der Waals surface area contributed by atoms with Gasteiger partial charge in [-0.15, -0.1) is 0 Å². The van der Waals surface area contributed by atoms with Crippen LogP contribution in [0.1, 0.15) is 61.3 Å². The minimum Gasteiger partial charge on any atom is -0.462 e. The summed E-state index contributed by atoms with van der Waals surface area (Å²) in [4.78, 5) is 52.4. The molecule has 19 atom stereocenters. The standard InChI is InChI=1S/C32H42O12/c1-10-18-20(30(6)31(7,39)27(38)44-32(30)25(10)43-32)23(37)19-17-13(9-16(29(18,19)5)40-11(2)33)28(4)14(21(35)22(17)36)8-15-24(42-15)26(28)41-12(3)34/h10,13-20,22-26,36-37,39H,8-9H2,1-7H3/t10-,13?,14+,15-,16-,17?,18-,19+,20-,22?,23+,24-,25+,26-,28+,29+,30-,31+,32-/m0/s1. The Kier molecular flexibility index (Phi) is 5.48. The summed E-state index contributed by atoms with van der Waals surface area (Å²) in [5, 5.41) is 36.3. The molecule has 0 aromatic rings. The molecule has 8 rings (SSSR count). The largest absolute Gasteiger partial charge is 0.462 e. The van der Waals surface area contributed by atoms with E-state index in [0.29, 0.717) is 6.42 Å². The monoisotopic (exact) mass is 618 g/mol. The Labute approximate surface area is 255 Å². The number of aliphatic hydroxyl groups excluding tert-OH is 2. The second kappa shape index (κ2) is 8.23. The van der Waals surface area contributed by atoms with E-state index in [4.69, 9.17) is 23.7 Å². The zero-order valence-electron chi connectivity index (χ0n) is 26.0. The van der Waals surface area contributed by atoms with Gasteiger partial charge >= 0.3 is 17.9 Å². The summed E-state index contributed by atoms with van der Waals surface area (Å²) in [5.41, 5.74) is -5.36. The second-order valence-electron chi connectivity index (χ2n) is 15.9. The van der Waals surface area contributed by atoms with Crippen molar-refractivity contribution in [2.45, 2.75) is 115 Å². The average molecular weight is 619 g/mol. The average Bonchev–Trinajstić information content (AvgIpc) is 3.83. The SMILES string of the molecule is CC(=O)O[C@H]1CC2C(C(O)C(=O)[C@H]3C[C@@H]4O[C@@H]4[C@H](OC(C)=O)[C@]23C)[C@@H]2[C@@H](O)[C@@H]3[C@H]([C@H](C)[C@H]4O[C@]45OC(=O)[C@@](C)(O)[C@]35C)[C@@]12C. The van der Waals surface area contributed by atoms with E-state index in [9.17, 15) is 34.5 Å². The first-order valence-electron chi connectivity index (χ1n) is 15.9. The lowest BCUT2D eigenvalue weighted by Crippen LogP contribution is -2.70. The summed E-state index contributed by atoms with van der Waals surface area (Å²) in [5.74, 6) is -7.90. The second-order valence-corrected chi connectivity index (χ2v) is 15.9. The maximum absolute atomic E-state index is 14.2. The van der Waals surface area contributed by atoms with Gasteiger partial charge in [-0.3, -0.25) is 14.4 Å². The van der Waals surface area contributed by atoms with Crippen LogP contribution in [-0.2, 0) is 42.9 Å². The molecule has 8 aliphatic rings. The molecule has 0 aromatic heterocycles. The lowest BCUT2D eigenvalue weighted by atomic mass is 9.41. The number of carbonyl (C=O) groups excluding carboxylic acids is 4. The maximum Gasteiger partial charge on any atom is 0.341 e. The molecule has 0 radical (unpaired) electrons. The predicted octanol–water partition coefficient (Wildman–Crippen LogP) is 0.511. The molecule has 5 aliphatic carbocycles. The molecule has 0 aromatic carbocycles. The highest BCUT2D eigenvalue weighted by Gasteiger charge is 2.92. The van der Waals surface area contributed by atoms with E-state index in [1.54, 1.807) is 6.92 Å². The fraction of sp³-hybridized carbons (Fsp3) is 0.875. The predicted molar refractivity (Wildman–Crippen MR) is 145 cm³/mol. The molecule has 3 saturated heterocycles. The fourth-order valence-electron chi connectivity index (χ4n) is 12.5. The zero-order valence-corrected chi connectivity index (χ0v) is 26.0. The van der Waals surface area contributed by atoms with Crippen molar-refractivity contribution in [3.63, 3.8) is 0 Å². The maximum atomic E-state index is 14.2. The van der Waals surface area contributed by atoms with Crippen molar-refractivity contribution in [1.82, 2.24) is 0 Å². The van der Waals surface area contributed by atoms with Gasteiger partial charge in [-0.2, -0.15) is 0 Å². The number of ketones is 1. The molecular weight excluding hydrogens is 576 g/mol. The van der Waals surface area contributed by atoms with Crippen molar-refractivity contribution in [2.24, 2.45) is 57.7 Å². The molecule has 8 fully saturated rings. The molecule has 5 saturated carbocycles. The van der Waals surface area contributed by atoms with Crippen molar-refractivity contribution < 1.29 is 58.2 Å². The first-order chi connectivity index (χ1) is 20.4. The number of esters is 3. The van der Waals surface area contributed by atoms with Gasteiger partial charge in [-0.25, -0.2) is 4.79 Å². The Bertz CT molecular complexity index is 1390. The minimum absolute atomic E-state index is 0.256. The van der Waals surface area contributed by atoms with Crippen LogP contribution in [0.15, 0.2) is 0 Å². The van der Waals surface area contributed by atoms with E-state index in [-0.39, 0.29) is 30.3 Å². The molecular formula is C32H42O12. The highest BCUT2D eigenvalue weighted by atomic mass is 16.8. The molecule has 12 heteroatoms. The fourth-order valence-corrected chi connectivity index (χ4v) is 12.5. The van der Waals surface area contributed by atoms with Gasteiger partial charge in [0.2, 0.25) is 5.79 Å². The third-order valence-electron chi connectivity index (χ3n) is 14.5. The summed E-state index contributed by atoms with van der Waals surface area (Å²) in [6.07, 6.45) is -4.77. The highest BCUT2D eigenvalue weighted by molar-refractivity contribution is 5.88. The summed E-state index contributed by atoms with van der Waals surface area (Å²) < 4.78 is 29.9. The normalized spacial score (nSPS) is 62.4. The van der Waals surface area contributed by atoms with E-state index in [0.717, 1.165) is 0 Å². The first kappa shape index (κ1) is 29.3. The molecule has 1 spiro atoms. The molecule has 0 amide bonds. The van der Waals surface area contributed by atoms with Gasteiger partial charge in [-0.05, 0) is 44.4 Å². The summed E-state index contributed by atoms with van der Waals surface area (Å²) in [6, 6.07) is 0. The topological polar surface area (TPSA) is 182 Å². The van der Waals surface area contributed by atoms with Crippen molar-refractivity contribution in [2.75, 3.05) is 0 Å². The van der Waals surface area contributed by atoms with Gasteiger partial charge in [-0.1, -0.05) is 20.8 Å². The summed E-state index contributed by atoms with van der Waals surface area (Å²) >= 11 is 0. The van der Waals surface area contributed by atoms with Gasteiger partial charge in [0.25, 0.3) is 0 Å². The molecule has 3 N–H and O–H groups in total. The number of Topliss-reactive ketones (excluding diaryl/α,β-unsaturated/α-hetero) is 1. The van der Waals surface area contributed by atoms with Crippen LogP contribution in [0.3, 0.4) is 0 Å². The number of epoxide rings is 2. The minimum atomic E-state index is -2.01. The molecule has 0 bridgehead atoms. The van der Waals surface area contributed by atoms with Gasteiger partial charge in [0, 0.05) is 48.3 Å². The number of carbonyl (C=O) groups is 4. The Morgan fingerprint density at radius 2 is 1.59 bits per heavy atom. The zero-order chi connectivity index (χ0) is 31.8. The van der Waals surface area contributed by atoms with E-state index < -0.39 is 112 Å². The molecule has 242 valence electrons. The van der Waals surface area contributed by atoms with Crippen LogP contribution in [0.2, 0.25) is 0 Å². The lowest BCUT2D eigenvalue weighted by Gasteiger charge is -2.63. The number of hydrogen-bond acceptors (Lipinski definition) is 12. The van der Waals surface area contributed by atoms with Crippen LogP contribution in [0.5, 0.6) is 0 Å². The van der Waals surface area contributed by atoms with Crippen molar-refractivity contribution in [3.05, 3.63) is 0 Å². The third kappa shape index (κ3) is 2.91. The number of fused-ring (bicyclic) bond motifs is 9. The quantitative estimate of drug-likeness (QED) is 0.222. The van der Waals surface area contributed by atoms with Crippen LogP contribution >= 0.6 is 0 Å². The molecule has 44 heavy (non-hydrogen) atoms. The molecule has 3 aliphatic heterocycles. The van der Waals surface area contributed by atoms with Gasteiger partial charge < -0.3 is 39.0 Å². The third-order valence-corrected chi connectivity index (χ3v) is 14.5. The number of ether oxygens (including phenoxy) is 5. The first-order valence-corrected chi connectivity index (χ1v) is 15.9. The Morgan fingerprint density at radius 1 is 0.932 bits per heavy atom. The van der Waals surface area contributed by atoms with E-state index in [2.05, 4.69) is 0 Å². The van der Waals surface area contributed by atoms with E-state index in [1.807, 2.05) is 20.8 Å². The van der Waals surface area contributed by atoms with E-state index in [1.165, 1.54) is 20.8 Å². The number of aliphatic hydroxyl groups is 3. The molecule has 3 unspecified atom stereocenters. The number of hydrogen-bond donors (Lipinski definition) is 3. The van der Waals surface area contributed by atoms with Gasteiger partial charge in [0.1, 0.15) is 30.5 Å². The van der Waals surface area contributed by atoms with Crippen LogP contribution in [0.4, 0.5) is 0 Å². The van der Waals surface area contributed by atoms with Crippen LogP contribution in [0.25, 0.3) is 0 Å². The Hall–Kier alpha value is -2.12. The highest BCUT2D eigenvalue weighted by Crippen LogP contribution is 2.80. The Balaban J connectivity index is 1.32. The Morgan fingerprint density at radius 3 is 2.23 bits per heavy atom. The van der Waals surface area contributed by atoms with E-state index >= 15 is 0 Å². The molecule has 3 heterocycles. The van der Waals surface area contributed by atoms with Crippen LogP contribution in [-0.4, -0.2) is 93.1 Å². The molecule has 12 nitrogen and oxygen atoms in total. The van der Waals surface area contributed by atoms with Gasteiger partial charge in [0.05, 0.1) is 17.6 Å². The number of rotatable bonds is 2. The van der Waals surface area contributed by atoms with Crippen molar-refractivity contribution in [1.29, 1.82) is 0 Å². The summed E-state index contributed by atoms with van der Waals surface area (Å²) in [7, 11) is 0. The summed E-state index contributed by atoms with van der Waals surface area (Å²) in [6.45, 7) is 11.5.